The monoisotopic (exact) mass is 308 g/mol. The maximum atomic E-state index is 4.81. The molecule has 0 aliphatic heterocycles. The van der Waals surface area contributed by atoms with Crippen LogP contribution < -0.4 is 0 Å². The summed E-state index contributed by atoms with van der Waals surface area (Å²) in [5.74, 6) is 1.08. The molecule has 0 N–H and O–H groups in total. The summed E-state index contributed by atoms with van der Waals surface area (Å²) in [5, 5.41) is 10.2. The quantitative estimate of drug-likeness (QED) is 0.708. The van der Waals surface area contributed by atoms with Crippen molar-refractivity contribution in [2.75, 3.05) is 0 Å². The number of rotatable bonds is 5. The van der Waals surface area contributed by atoms with Gasteiger partial charge in [0.25, 0.3) is 0 Å². The number of hydrogen-bond acceptors (Lipinski definition) is 3. The lowest BCUT2D eigenvalue weighted by Crippen LogP contribution is -2.08. The molecule has 1 aliphatic carbocycles. The summed E-state index contributed by atoms with van der Waals surface area (Å²) in [5.41, 5.74) is 4.81. The lowest BCUT2D eigenvalue weighted by molar-refractivity contribution is 0.700. The fourth-order valence-corrected chi connectivity index (χ4v) is 3.32. The number of hydrogen-bond donors (Lipinski definition) is 0. The summed E-state index contributed by atoms with van der Waals surface area (Å²) < 4.78 is 2.19. The van der Waals surface area contributed by atoms with Gasteiger partial charge in [0.2, 0.25) is 0 Å². The third kappa shape index (κ3) is 2.32. The van der Waals surface area contributed by atoms with E-state index >= 15 is 0 Å². The Morgan fingerprint density at radius 2 is 2.00 bits per heavy atom. The normalized spacial score (nSPS) is 16.3. The zero-order chi connectivity index (χ0) is 16.0. The van der Waals surface area contributed by atoms with Crippen molar-refractivity contribution < 1.29 is 0 Å². The van der Waals surface area contributed by atoms with Gasteiger partial charge in [-0.05, 0) is 55.4 Å². The topological polar surface area (TPSA) is 43.1 Å². The fourth-order valence-electron chi connectivity index (χ4n) is 3.32. The number of nitrogens with zero attached hydrogens (tertiary/aromatic N) is 4. The van der Waals surface area contributed by atoms with Crippen LogP contribution in [0.5, 0.6) is 0 Å². The minimum atomic E-state index is 0.183. The molecule has 0 bridgehead atoms. The van der Waals surface area contributed by atoms with E-state index in [1.54, 1.807) is 0 Å². The van der Waals surface area contributed by atoms with Gasteiger partial charge < -0.3 is 0 Å². The fraction of sp³-hybridized carbons (Fsp3) is 0.526. The highest BCUT2D eigenvalue weighted by Crippen LogP contribution is 2.47. The molecule has 1 aliphatic rings. The molecule has 3 heterocycles. The van der Waals surface area contributed by atoms with Gasteiger partial charge in [-0.25, -0.2) is 4.98 Å². The minimum absolute atomic E-state index is 0.183. The average Bonchev–Trinajstić information content (AvgIpc) is 3.17. The molecule has 1 fully saturated rings. The van der Waals surface area contributed by atoms with Gasteiger partial charge in [-0.3, -0.25) is 4.40 Å². The van der Waals surface area contributed by atoms with Crippen LogP contribution in [0.3, 0.4) is 0 Å². The van der Waals surface area contributed by atoms with Crippen molar-refractivity contribution in [2.24, 2.45) is 0 Å². The molecule has 0 unspecified atom stereocenters. The molecule has 0 saturated heterocycles. The van der Waals surface area contributed by atoms with Crippen LogP contribution in [0, 0.1) is 0 Å². The van der Waals surface area contributed by atoms with Crippen LogP contribution in [-0.2, 0) is 18.3 Å². The number of unbranched alkanes of at least 4 members (excludes halogenated alkanes) is 1. The summed E-state index contributed by atoms with van der Waals surface area (Å²) in [6, 6.07) is 4.53. The van der Waals surface area contributed by atoms with Gasteiger partial charge in [-0.15, -0.1) is 10.2 Å². The second-order valence-electron chi connectivity index (χ2n) is 7.12. The second-order valence-corrected chi connectivity index (χ2v) is 7.12. The van der Waals surface area contributed by atoms with Crippen LogP contribution in [0.15, 0.2) is 18.3 Å². The van der Waals surface area contributed by atoms with Crippen molar-refractivity contribution in [3.63, 3.8) is 0 Å². The first-order valence-corrected chi connectivity index (χ1v) is 8.82. The summed E-state index contributed by atoms with van der Waals surface area (Å²) in [4.78, 5) is 4.81. The van der Waals surface area contributed by atoms with E-state index in [4.69, 9.17) is 4.98 Å². The highest BCUT2D eigenvalue weighted by atomic mass is 15.3. The third-order valence-corrected chi connectivity index (χ3v) is 5.22. The summed E-state index contributed by atoms with van der Waals surface area (Å²) >= 11 is 0. The van der Waals surface area contributed by atoms with Crippen molar-refractivity contribution in [3.05, 3.63) is 35.3 Å². The third-order valence-electron chi connectivity index (χ3n) is 5.22. The molecule has 0 spiro atoms. The molecule has 0 radical (unpaired) electrons. The Labute approximate surface area is 137 Å². The molecule has 3 aromatic heterocycles. The standard InChI is InChI=1S/C19H24N4/c1-4-6-7-14-11-16-21-22-18(19(3)8-9-19)23(16)17-15(14)10-13(5-2)12-20-17/h10-12H,4-9H2,1-3H3. The Morgan fingerprint density at radius 1 is 1.17 bits per heavy atom. The van der Waals surface area contributed by atoms with Crippen LogP contribution in [0.1, 0.15) is 63.4 Å². The van der Waals surface area contributed by atoms with Crippen molar-refractivity contribution in [3.8, 4) is 0 Å². The Hall–Kier alpha value is -1.97. The molecule has 1 saturated carbocycles. The maximum absolute atomic E-state index is 4.81. The number of fused-ring (bicyclic) bond motifs is 3. The van der Waals surface area contributed by atoms with Crippen LogP contribution in [-0.4, -0.2) is 19.6 Å². The van der Waals surface area contributed by atoms with E-state index in [9.17, 15) is 0 Å². The zero-order valence-corrected chi connectivity index (χ0v) is 14.3. The molecular weight excluding hydrogens is 284 g/mol. The molecule has 4 heteroatoms. The zero-order valence-electron chi connectivity index (χ0n) is 14.3. The largest absolute Gasteiger partial charge is 0.262 e. The van der Waals surface area contributed by atoms with Crippen molar-refractivity contribution >= 4 is 16.7 Å². The minimum Gasteiger partial charge on any atom is -0.262 e. The first kappa shape index (κ1) is 14.6. The SMILES string of the molecule is CCCCc1cc2nnc(C3(C)CC3)n2c2ncc(CC)cc12. The highest BCUT2D eigenvalue weighted by Gasteiger charge is 2.43. The second kappa shape index (κ2) is 5.29. The van der Waals surface area contributed by atoms with E-state index in [0.29, 0.717) is 0 Å². The van der Waals surface area contributed by atoms with Crippen molar-refractivity contribution in [2.45, 2.75) is 64.7 Å². The van der Waals surface area contributed by atoms with Crippen molar-refractivity contribution in [1.29, 1.82) is 0 Å². The smallest absolute Gasteiger partial charge is 0.162 e. The number of aryl methyl sites for hydroxylation is 2. The van der Waals surface area contributed by atoms with Gasteiger partial charge in [0.05, 0.1) is 0 Å². The first-order chi connectivity index (χ1) is 11.2. The van der Waals surface area contributed by atoms with Gasteiger partial charge >= 0.3 is 0 Å². The van der Waals surface area contributed by atoms with Gasteiger partial charge in [0, 0.05) is 17.0 Å². The maximum Gasteiger partial charge on any atom is 0.162 e. The Kier molecular flexibility index (Phi) is 3.36. The molecule has 4 rings (SSSR count). The Balaban J connectivity index is 2.01. The van der Waals surface area contributed by atoms with Crippen LogP contribution >= 0.6 is 0 Å². The highest BCUT2D eigenvalue weighted by molar-refractivity contribution is 5.83. The van der Waals surface area contributed by atoms with Gasteiger partial charge in [-0.1, -0.05) is 27.2 Å². The average molecular weight is 308 g/mol. The van der Waals surface area contributed by atoms with E-state index in [1.165, 1.54) is 42.2 Å². The van der Waals surface area contributed by atoms with E-state index in [2.05, 4.69) is 47.5 Å². The number of aromatic nitrogens is 4. The predicted octanol–water partition coefficient (Wildman–Crippen LogP) is 4.23. The van der Waals surface area contributed by atoms with Crippen molar-refractivity contribution in [1.82, 2.24) is 19.6 Å². The van der Waals surface area contributed by atoms with Gasteiger partial charge in [0.15, 0.2) is 5.65 Å². The van der Waals surface area contributed by atoms with E-state index in [-0.39, 0.29) is 5.41 Å². The molecule has 120 valence electrons. The van der Waals surface area contributed by atoms with E-state index in [1.807, 2.05) is 6.20 Å². The van der Waals surface area contributed by atoms with Crippen LogP contribution in [0.4, 0.5) is 0 Å². The lowest BCUT2D eigenvalue weighted by Gasteiger charge is -2.12. The molecule has 0 amide bonds. The van der Waals surface area contributed by atoms with Crippen LogP contribution in [0.2, 0.25) is 0 Å². The lowest BCUT2D eigenvalue weighted by atomic mass is 10.0. The Bertz CT molecular complexity index is 874. The predicted molar refractivity (Wildman–Crippen MR) is 92.9 cm³/mol. The van der Waals surface area contributed by atoms with Crippen LogP contribution in [0.25, 0.3) is 16.7 Å². The summed E-state index contributed by atoms with van der Waals surface area (Å²) in [7, 11) is 0. The molecule has 23 heavy (non-hydrogen) atoms. The summed E-state index contributed by atoms with van der Waals surface area (Å²) in [6.45, 7) is 6.70. The summed E-state index contributed by atoms with van der Waals surface area (Å²) in [6.07, 6.45) is 8.88. The molecule has 4 nitrogen and oxygen atoms in total. The molecular formula is C19H24N4. The molecule has 0 atom stereocenters. The molecule has 0 aromatic carbocycles. The van der Waals surface area contributed by atoms with E-state index in [0.717, 1.165) is 30.0 Å². The first-order valence-electron chi connectivity index (χ1n) is 8.82. The Morgan fingerprint density at radius 3 is 2.70 bits per heavy atom. The molecule has 3 aromatic rings. The van der Waals surface area contributed by atoms with Gasteiger partial charge in [0.1, 0.15) is 11.5 Å². The van der Waals surface area contributed by atoms with Gasteiger partial charge in [-0.2, -0.15) is 0 Å². The van der Waals surface area contributed by atoms with E-state index < -0.39 is 0 Å². The number of pyridine rings is 2.